The Hall–Kier alpha value is -2.89. The average Bonchev–Trinajstić information content (AvgIpc) is 2.80. The number of hydrogen-bond acceptors (Lipinski definition) is 3. The summed E-state index contributed by atoms with van der Waals surface area (Å²) in [6.45, 7) is 0.288. The summed E-state index contributed by atoms with van der Waals surface area (Å²) in [5.74, 6) is -1.09. The van der Waals surface area contributed by atoms with E-state index in [2.05, 4.69) is 5.32 Å². The third-order valence-electron chi connectivity index (χ3n) is 3.42. The third-order valence-corrected chi connectivity index (χ3v) is 3.42. The van der Waals surface area contributed by atoms with Gasteiger partial charge in [-0.3, -0.25) is 9.36 Å². The molecular weight excluding hydrogens is 287 g/mol. The molecule has 22 heavy (non-hydrogen) atoms. The van der Waals surface area contributed by atoms with Gasteiger partial charge in [-0.25, -0.2) is 9.18 Å². The quantitative estimate of drug-likeness (QED) is 0.806. The molecule has 1 heterocycles. The fourth-order valence-electron chi connectivity index (χ4n) is 2.16. The normalized spacial score (nSPS) is 10.8. The van der Waals surface area contributed by atoms with E-state index in [0.29, 0.717) is 16.7 Å². The highest BCUT2D eigenvalue weighted by molar-refractivity contribution is 5.97. The number of oxazole rings is 1. The van der Waals surface area contributed by atoms with Crippen LogP contribution in [0.5, 0.6) is 0 Å². The first-order valence-corrected chi connectivity index (χ1v) is 6.67. The molecule has 0 saturated carbocycles. The van der Waals surface area contributed by atoms with E-state index in [0.717, 1.165) is 5.56 Å². The van der Waals surface area contributed by atoms with E-state index in [9.17, 15) is 14.0 Å². The van der Waals surface area contributed by atoms with Gasteiger partial charge in [-0.2, -0.15) is 0 Å². The van der Waals surface area contributed by atoms with E-state index >= 15 is 0 Å². The smallest absolute Gasteiger partial charge is 0.408 e. The van der Waals surface area contributed by atoms with Crippen molar-refractivity contribution in [3.63, 3.8) is 0 Å². The van der Waals surface area contributed by atoms with Gasteiger partial charge in [0.1, 0.15) is 5.82 Å². The van der Waals surface area contributed by atoms with Crippen molar-refractivity contribution >= 4 is 17.0 Å². The molecule has 1 amide bonds. The molecule has 0 unspecified atom stereocenters. The molecule has 0 aliphatic heterocycles. The van der Waals surface area contributed by atoms with Crippen LogP contribution in [0.25, 0.3) is 11.1 Å². The molecule has 0 bridgehead atoms. The number of halogens is 1. The highest BCUT2D eigenvalue weighted by Gasteiger charge is 2.10. The summed E-state index contributed by atoms with van der Waals surface area (Å²) in [5.41, 5.74) is 2.17. The molecule has 5 nitrogen and oxygen atoms in total. The Morgan fingerprint density at radius 3 is 2.68 bits per heavy atom. The Bertz CT molecular complexity index is 894. The molecule has 0 atom stereocenters. The Labute approximate surface area is 125 Å². The second-order valence-electron chi connectivity index (χ2n) is 4.92. The van der Waals surface area contributed by atoms with Crippen molar-refractivity contribution in [3.05, 3.63) is 70.0 Å². The van der Waals surface area contributed by atoms with E-state index < -0.39 is 5.76 Å². The van der Waals surface area contributed by atoms with Crippen LogP contribution >= 0.6 is 0 Å². The van der Waals surface area contributed by atoms with Crippen LogP contribution in [-0.4, -0.2) is 10.5 Å². The van der Waals surface area contributed by atoms with Gasteiger partial charge >= 0.3 is 5.76 Å². The van der Waals surface area contributed by atoms with Gasteiger partial charge < -0.3 is 9.73 Å². The number of carbonyl (C=O) groups excluding carboxylic acids is 1. The van der Waals surface area contributed by atoms with Gasteiger partial charge in [-0.1, -0.05) is 12.1 Å². The van der Waals surface area contributed by atoms with Gasteiger partial charge in [0.05, 0.1) is 5.52 Å². The second-order valence-corrected chi connectivity index (χ2v) is 4.92. The lowest BCUT2D eigenvalue weighted by Crippen LogP contribution is -2.22. The summed E-state index contributed by atoms with van der Waals surface area (Å²) in [5, 5.41) is 2.73. The van der Waals surface area contributed by atoms with Crippen LogP contribution in [0.3, 0.4) is 0 Å². The van der Waals surface area contributed by atoms with Crippen molar-refractivity contribution in [1.82, 2.24) is 9.88 Å². The Kier molecular flexibility index (Phi) is 3.50. The maximum atomic E-state index is 12.8. The summed E-state index contributed by atoms with van der Waals surface area (Å²) in [4.78, 5) is 23.5. The predicted molar refractivity (Wildman–Crippen MR) is 79.0 cm³/mol. The van der Waals surface area contributed by atoms with E-state index in [1.807, 2.05) is 0 Å². The molecule has 1 aromatic heterocycles. The maximum Gasteiger partial charge on any atom is 0.419 e. The minimum atomic E-state index is -0.473. The van der Waals surface area contributed by atoms with Crippen LogP contribution in [-0.2, 0) is 13.6 Å². The summed E-state index contributed by atoms with van der Waals surface area (Å²) in [7, 11) is 1.60. The largest absolute Gasteiger partial charge is 0.419 e. The topological polar surface area (TPSA) is 64.2 Å². The molecule has 0 spiro atoms. The first-order chi connectivity index (χ1) is 10.5. The van der Waals surface area contributed by atoms with Crippen molar-refractivity contribution < 1.29 is 13.6 Å². The molecule has 0 aliphatic rings. The highest BCUT2D eigenvalue weighted by Crippen LogP contribution is 2.14. The molecule has 0 saturated heterocycles. The minimum absolute atomic E-state index is 0.288. The fourth-order valence-corrected chi connectivity index (χ4v) is 2.16. The number of hydrogen-bond donors (Lipinski definition) is 1. The lowest BCUT2D eigenvalue weighted by molar-refractivity contribution is 0.0951. The Morgan fingerprint density at radius 1 is 1.23 bits per heavy atom. The van der Waals surface area contributed by atoms with E-state index in [-0.39, 0.29) is 18.3 Å². The van der Waals surface area contributed by atoms with Crippen molar-refractivity contribution in [1.29, 1.82) is 0 Å². The van der Waals surface area contributed by atoms with Crippen LogP contribution in [0.4, 0.5) is 4.39 Å². The van der Waals surface area contributed by atoms with Gasteiger partial charge in [0, 0.05) is 19.2 Å². The number of carbonyl (C=O) groups is 1. The average molecular weight is 300 g/mol. The lowest BCUT2D eigenvalue weighted by Gasteiger charge is -2.05. The minimum Gasteiger partial charge on any atom is -0.408 e. The summed E-state index contributed by atoms with van der Waals surface area (Å²) in [6, 6.07) is 10.7. The summed E-state index contributed by atoms with van der Waals surface area (Å²) >= 11 is 0. The number of aromatic nitrogens is 1. The number of aryl methyl sites for hydroxylation is 1. The standard InChI is InChI=1S/C16H13FN2O3/c1-19-13-7-4-11(8-14(13)22-16(19)21)15(20)18-9-10-2-5-12(17)6-3-10/h2-8H,9H2,1H3,(H,18,20). The number of fused-ring (bicyclic) bond motifs is 1. The van der Waals surface area contributed by atoms with Crippen molar-refractivity contribution in [2.24, 2.45) is 7.05 Å². The Morgan fingerprint density at radius 2 is 1.95 bits per heavy atom. The van der Waals surface area contributed by atoms with E-state index in [4.69, 9.17) is 4.42 Å². The van der Waals surface area contributed by atoms with E-state index in [1.54, 1.807) is 31.3 Å². The van der Waals surface area contributed by atoms with Crippen LogP contribution in [0.2, 0.25) is 0 Å². The number of nitrogens with one attached hydrogen (secondary N) is 1. The molecule has 1 N–H and O–H groups in total. The number of rotatable bonds is 3. The van der Waals surface area contributed by atoms with Gasteiger partial charge in [0.2, 0.25) is 0 Å². The Balaban J connectivity index is 1.77. The van der Waals surface area contributed by atoms with Gasteiger partial charge in [0.15, 0.2) is 5.58 Å². The van der Waals surface area contributed by atoms with Crippen molar-refractivity contribution in [3.8, 4) is 0 Å². The lowest BCUT2D eigenvalue weighted by atomic mass is 10.1. The first kappa shape index (κ1) is 14.1. The number of nitrogens with zero attached hydrogens (tertiary/aromatic N) is 1. The number of benzene rings is 2. The summed E-state index contributed by atoms with van der Waals surface area (Å²) in [6.07, 6.45) is 0. The van der Waals surface area contributed by atoms with E-state index in [1.165, 1.54) is 22.8 Å². The monoisotopic (exact) mass is 300 g/mol. The zero-order valence-corrected chi connectivity index (χ0v) is 11.8. The molecule has 0 aliphatic carbocycles. The van der Waals surface area contributed by atoms with Gasteiger partial charge in [0.25, 0.3) is 5.91 Å². The zero-order chi connectivity index (χ0) is 15.7. The molecule has 2 aromatic carbocycles. The molecule has 0 radical (unpaired) electrons. The summed E-state index contributed by atoms with van der Waals surface area (Å²) < 4.78 is 19.2. The number of amides is 1. The van der Waals surface area contributed by atoms with Crippen LogP contribution < -0.4 is 11.1 Å². The fraction of sp³-hybridized carbons (Fsp3) is 0.125. The zero-order valence-electron chi connectivity index (χ0n) is 11.8. The van der Waals surface area contributed by atoms with Crippen LogP contribution in [0, 0.1) is 5.82 Å². The van der Waals surface area contributed by atoms with Crippen molar-refractivity contribution in [2.45, 2.75) is 6.54 Å². The van der Waals surface area contributed by atoms with Crippen molar-refractivity contribution in [2.75, 3.05) is 0 Å². The second kappa shape index (κ2) is 5.48. The third kappa shape index (κ3) is 2.63. The van der Waals surface area contributed by atoms with Gasteiger partial charge in [-0.05, 0) is 35.9 Å². The van der Waals surface area contributed by atoms with Crippen LogP contribution in [0.1, 0.15) is 15.9 Å². The molecule has 0 fully saturated rings. The first-order valence-electron chi connectivity index (χ1n) is 6.67. The maximum absolute atomic E-state index is 12.8. The molecular formula is C16H13FN2O3. The molecule has 112 valence electrons. The molecule has 3 rings (SSSR count). The molecule has 6 heteroatoms. The van der Waals surface area contributed by atoms with Crippen LogP contribution in [0.15, 0.2) is 51.7 Å². The highest BCUT2D eigenvalue weighted by atomic mass is 19.1. The SMILES string of the molecule is Cn1c(=O)oc2cc(C(=O)NCc3ccc(F)cc3)ccc21. The molecule has 3 aromatic rings. The predicted octanol–water partition coefficient (Wildman–Crippen LogP) is 2.20. The van der Waals surface area contributed by atoms with Gasteiger partial charge in [-0.15, -0.1) is 0 Å².